The molecule has 1 saturated heterocycles. The third kappa shape index (κ3) is 5.09. The summed E-state index contributed by atoms with van der Waals surface area (Å²) in [7, 11) is -4.81. The number of ether oxygens (including phenoxy) is 1. The number of nitrogens with zero attached hydrogens (tertiary/aromatic N) is 2. The van der Waals surface area contributed by atoms with E-state index in [1.165, 1.54) is 0 Å². The fourth-order valence-corrected chi connectivity index (χ4v) is 3.42. The number of phosphoric acid groups is 1. The summed E-state index contributed by atoms with van der Waals surface area (Å²) >= 11 is 0. The van der Waals surface area contributed by atoms with Gasteiger partial charge in [-0.1, -0.05) is 30.3 Å². The molecule has 4 N–H and O–H groups in total. The van der Waals surface area contributed by atoms with E-state index in [4.69, 9.17) is 14.5 Å². The Labute approximate surface area is 164 Å². The Balaban J connectivity index is 1.81. The fraction of sp³-hybridized carbons (Fsp3) is 0.412. The third-order valence-electron chi connectivity index (χ3n) is 4.58. The monoisotopic (exact) mass is 428 g/mol. The first-order valence-electron chi connectivity index (χ1n) is 8.75. The minimum atomic E-state index is -4.81. The van der Waals surface area contributed by atoms with Crippen molar-refractivity contribution in [3.63, 3.8) is 0 Å². The van der Waals surface area contributed by atoms with Crippen LogP contribution < -0.4 is 11.2 Å². The van der Waals surface area contributed by atoms with E-state index in [1.54, 1.807) is 0 Å². The summed E-state index contributed by atoms with van der Waals surface area (Å²) in [6.07, 6.45) is -4.20. The van der Waals surface area contributed by atoms with E-state index < -0.39 is 50.2 Å². The summed E-state index contributed by atoms with van der Waals surface area (Å²) in [5.74, 6) is 0. The maximum Gasteiger partial charge on any atom is 0.469 e. The molecule has 0 saturated carbocycles. The standard InChI is InChI=1S/C17H21N2O9P/c20-13-7-9-19(17(23)18(13)8-6-11-4-2-1-3-5-11)16-15(22)14(21)12(28-16)10-27-29(24,25)26/h1-5,7,9,12,14-16,21-22H,6,8,10H2,(H2,24,25,26)/t12-,14+,15+,16-/m1/s1. The second kappa shape index (κ2) is 8.72. The van der Waals surface area contributed by atoms with Crippen LogP contribution in [0.3, 0.4) is 0 Å². The highest BCUT2D eigenvalue weighted by Crippen LogP contribution is 2.38. The van der Waals surface area contributed by atoms with E-state index in [2.05, 4.69) is 4.52 Å². The van der Waals surface area contributed by atoms with Gasteiger partial charge in [0.2, 0.25) is 0 Å². The van der Waals surface area contributed by atoms with E-state index in [-0.39, 0.29) is 6.54 Å². The second-order valence-corrected chi connectivity index (χ2v) is 7.80. The molecule has 4 atom stereocenters. The Morgan fingerprint density at radius 3 is 2.41 bits per heavy atom. The number of aromatic nitrogens is 2. The molecule has 3 rings (SSSR count). The quantitative estimate of drug-likeness (QED) is 0.405. The molecule has 1 aromatic heterocycles. The van der Waals surface area contributed by atoms with Crippen LogP contribution in [-0.4, -0.2) is 54.1 Å². The van der Waals surface area contributed by atoms with Crippen molar-refractivity contribution in [1.29, 1.82) is 0 Å². The molecule has 1 aliphatic heterocycles. The van der Waals surface area contributed by atoms with Crippen LogP contribution in [0.15, 0.2) is 52.2 Å². The van der Waals surface area contributed by atoms with Crippen molar-refractivity contribution >= 4 is 7.82 Å². The van der Waals surface area contributed by atoms with Gasteiger partial charge in [-0.3, -0.25) is 18.5 Å². The minimum Gasteiger partial charge on any atom is -0.387 e. The van der Waals surface area contributed by atoms with E-state index in [0.717, 1.165) is 27.0 Å². The lowest BCUT2D eigenvalue weighted by molar-refractivity contribution is -0.0548. The summed E-state index contributed by atoms with van der Waals surface area (Å²) in [5, 5.41) is 20.3. The zero-order valence-electron chi connectivity index (χ0n) is 15.1. The predicted molar refractivity (Wildman–Crippen MR) is 99.0 cm³/mol. The number of aryl methyl sites for hydroxylation is 1. The molecule has 158 valence electrons. The molecule has 1 fully saturated rings. The average molecular weight is 428 g/mol. The molecule has 2 heterocycles. The number of aliphatic hydroxyl groups is 2. The lowest BCUT2D eigenvalue weighted by Gasteiger charge is -2.18. The zero-order valence-corrected chi connectivity index (χ0v) is 16.0. The number of hydrogen-bond acceptors (Lipinski definition) is 7. The maximum atomic E-state index is 12.8. The second-order valence-electron chi connectivity index (χ2n) is 6.56. The number of phosphoric ester groups is 1. The molecule has 29 heavy (non-hydrogen) atoms. The molecule has 0 bridgehead atoms. The molecule has 12 heteroatoms. The van der Waals surface area contributed by atoms with Gasteiger partial charge in [0, 0.05) is 18.8 Å². The van der Waals surface area contributed by atoms with Crippen LogP contribution in [0.1, 0.15) is 11.8 Å². The lowest BCUT2D eigenvalue weighted by Crippen LogP contribution is -2.43. The third-order valence-corrected chi connectivity index (χ3v) is 5.07. The molecule has 11 nitrogen and oxygen atoms in total. The minimum absolute atomic E-state index is 0.0959. The van der Waals surface area contributed by atoms with Gasteiger partial charge in [0.25, 0.3) is 5.56 Å². The van der Waals surface area contributed by atoms with Gasteiger partial charge >= 0.3 is 13.5 Å². The van der Waals surface area contributed by atoms with Gasteiger partial charge in [-0.15, -0.1) is 0 Å². The first kappa shape index (κ1) is 21.6. The summed E-state index contributed by atoms with van der Waals surface area (Å²) in [5.41, 5.74) is -0.353. The molecule has 1 aromatic carbocycles. The van der Waals surface area contributed by atoms with Crippen molar-refractivity contribution in [3.8, 4) is 0 Å². The van der Waals surface area contributed by atoms with Gasteiger partial charge < -0.3 is 24.7 Å². The van der Waals surface area contributed by atoms with E-state index >= 15 is 0 Å². The van der Waals surface area contributed by atoms with Crippen molar-refractivity contribution < 1.29 is 33.8 Å². The summed E-state index contributed by atoms with van der Waals surface area (Å²) < 4.78 is 22.5. The molecular formula is C17H21N2O9P. The van der Waals surface area contributed by atoms with E-state index in [0.29, 0.717) is 6.42 Å². The first-order valence-corrected chi connectivity index (χ1v) is 10.3. The van der Waals surface area contributed by atoms with Gasteiger partial charge in [-0.2, -0.15) is 0 Å². The Kier molecular flexibility index (Phi) is 6.49. The highest BCUT2D eigenvalue weighted by molar-refractivity contribution is 7.46. The van der Waals surface area contributed by atoms with Gasteiger partial charge in [0.15, 0.2) is 6.23 Å². The molecule has 0 spiro atoms. The van der Waals surface area contributed by atoms with Gasteiger partial charge in [-0.05, 0) is 12.0 Å². The van der Waals surface area contributed by atoms with Crippen molar-refractivity contribution in [2.45, 2.75) is 37.5 Å². The number of aliphatic hydroxyl groups excluding tert-OH is 2. The Morgan fingerprint density at radius 2 is 1.76 bits per heavy atom. The number of benzene rings is 1. The normalized spacial score (nSPS) is 24.7. The molecule has 1 aliphatic rings. The van der Waals surface area contributed by atoms with Gasteiger partial charge in [-0.25, -0.2) is 9.36 Å². The molecule has 0 amide bonds. The lowest BCUT2D eigenvalue weighted by atomic mass is 10.1. The molecule has 0 unspecified atom stereocenters. The fourth-order valence-electron chi connectivity index (χ4n) is 3.08. The number of rotatable bonds is 7. The first-order chi connectivity index (χ1) is 13.7. The average Bonchev–Trinajstić information content (AvgIpc) is 2.95. The van der Waals surface area contributed by atoms with Crippen LogP contribution in [0.4, 0.5) is 0 Å². The van der Waals surface area contributed by atoms with Crippen molar-refractivity contribution in [1.82, 2.24) is 9.13 Å². The smallest absolute Gasteiger partial charge is 0.387 e. The van der Waals surface area contributed by atoms with Crippen LogP contribution in [0, 0.1) is 0 Å². The predicted octanol–water partition coefficient (Wildman–Crippen LogP) is -1.02. The van der Waals surface area contributed by atoms with Crippen LogP contribution in [0.25, 0.3) is 0 Å². The molecule has 0 aliphatic carbocycles. The highest BCUT2D eigenvalue weighted by Gasteiger charge is 2.45. The van der Waals surface area contributed by atoms with E-state index in [9.17, 15) is 24.4 Å². The number of hydrogen-bond donors (Lipinski definition) is 4. The Bertz CT molecular complexity index is 1000. The molecule has 0 radical (unpaired) electrons. The summed E-state index contributed by atoms with van der Waals surface area (Å²) in [6.45, 7) is -0.597. The zero-order chi connectivity index (χ0) is 21.2. The van der Waals surface area contributed by atoms with Gasteiger partial charge in [0.1, 0.15) is 18.3 Å². The Morgan fingerprint density at radius 1 is 1.07 bits per heavy atom. The highest BCUT2D eigenvalue weighted by atomic mass is 31.2. The van der Waals surface area contributed by atoms with E-state index in [1.807, 2.05) is 30.3 Å². The van der Waals surface area contributed by atoms with Crippen molar-refractivity contribution in [2.75, 3.05) is 6.61 Å². The summed E-state index contributed by atoms with van der Waals surface area (Å²) in [6, 6.07) is 10.4. The van der Waals surface area contributed by atoms with Crippen LogP contribution in [0.2, 0.25) is 0 Å². The SMILES string of the molecule is O=c1ccn([C@@H]2O[C@H](COP(=O)(O)O)[C@H](O)[C@@H]2O)c(=O)n1CCc1ccccc1. The molecular weight excluding hydrogens is 407 g/mol. The van der Waals surface area contributed by atoms with Crippen molar-refractivity contribution in [3.05, 3.63) is 69.0 Å². The van der Waals surface area contributed by atoms with Crippen molar-refractivity contribution in [2.24, 2.45) is 0 Å². The van der Waals surface area contributed by atoms with Crippen LogP contribution in [-0.2, 0) is 26.8 Å². The largest absolute Gasteiger partial charge is 0.469 e. The molecule has 2 aromatic rings. The van der Waals surface area contributed by atoms with Gasteiger partial charge in [0.05, 0.1) is 6.61 Å². The Hall–Kier alpha value is -2.11. The van der Waals surface area contributed by atoms with Crippen LogP contribution >= 0.6 is 7.82 Å². The van der Waals surface area contributed by atoms with Crippen LogP contribution in [0.5, 0.6) is 0 Å². The maximum absolute atomic E-state index is 12.8. The summed E-state index contributed by atoms with van der Waals surface area (Å²) in [4.78, 5) is 42.5. The topological polar surface area (TPSA) is 160 Å².